The molecule has 0 saturated carbocycles. The van der Waals surface area contributed by atoms with Crippen molar-refractivity contribution < 1.29 is 33.1 Å². The van der Waals surface area contributed by atoms with Crippen LogP contribution in [0.1, 0.15) is 10.4 Å². The zero-order chi connectivity index (χ0) is 20.2. The molecule has 0 aromatic heterocycles. The highest BCUT2D eigenvalue weighted by molar-refractivity contribution is 7.92. The molecule has 3 N–H and O–H groups in total. The van der Waals surface area contributed by atoms with E-state index >= 15 is 0 Å². The van der Waals surface area contributed by atoms with E-state index < -0.39 is 38.1 Å². The quantitative estimate of drug-likeness (QED) is 0.212. The van der Waals surface area contributed by atoms with Crippen LogP contribution >= 0.6 is 0 Å². The highest BCUT2D eigenvalue weighted by Crippen LogP contribution is 2.21. The van der Waals surface area contributed by atoms with Crippen LogP contribution in [0.25, 0.3) is 0 Å². The van der Waals surface area contributed by atoms with Crippen LogP contribution in [-0.2, 0) is 14.8 Å². The average Bonchev–Trinajstić information content (AvgIpc) is 2.61. The molecule has 0 fully saturated rings. The number of hydrogen-bond acceptors (Lipinski definition) is 7. The molecule has 0 aliphatic rings. The van der Waals surface area contributed by atoms with Crippen LogP contribution in [0.3, 0.4) is 0 Å². The van der Waals surface area contributed by atoms with E-state index in [1.165, 1.54) is 24.3 Å². The van der Waals surface area contributed by atoms with Crippen molar-refractivity contribution in [1.82, 2.24) is 0 Å². The van der Waals surface area contributed by atoms with Crippen molar-refractivity contribution >= 4 is 33.2 Å². The van der Waals surface area contributed by atoms with Crippen LogP contribution in [0.5, 0.6) is 0 Å². The Morgan fingerprint density at radius 1 is 1.07 bits per heavy atom. The molecule has 0 aliphatic carbocycles. The maximum absolute atomic E-state index is 12.4. The van der Waals surface area contributed by atoms with E-state index in [9.17, 15) is 28.1 Å². The lowest BCUT2D eigenvalue weighted by Gasteiger charge is -2.09. The van der Waals surface area contributed by atoms with Gasteiger partial charge in [-0.1, -0.05) is 18.2 Å². The molecular formula is C16H12N2O8S. The minimum absolute atomic E-state index is 0.0319. The summed E-state index contributed by atoms with van der Waals surface area (Å²) in [5.41, 5.74) is -0.520. The highest BCUT2D eigenvalue weighted by Gasteiger charge is 2.18. The number of sulfonamides is 1. The zero-order valence-electron chi connectivity index (χ0n) is 13.4. The first kappa shape index (κ1) is 19.6. The molecular weight excluding hydrogens is 380 g/mol. The number of non-ortho nitro benzene ring substituents is 1. The second-order valence-electron chi connectivity index (χ2n) is 5.14. The highest BCUT2D eigenvalue weighted by atomic mass is 32.2. The van der Waals surface area contributed by atoms with Crippen LogP contribution in [-0.4, -0.2) is 35.3 Å². The number of nitrogens with one attached hydrogen (secondary N) is 1. The molecule has 11 heteroatoms. The lowest BCUT2D eigenvalue weighted by atomic mass is 10.1. The lowest BCUT2D eigenvalue weighted by molar-refractivity contribution is -0.385. The predicted molar refractivity (Wildman–Crippen MR) is 93.0 cm³/mol. The monoisotopic (exact) mass is 392 g/mol. The van der Waals surface area contributed by atoms with E-state index in [1.54, 1.807) is 0 Å². The van der Waals surface area contributed by atoms with Crippen molar-refractivity contribution in [3.63, 3.8) is 0 Å². The number of ketones is 1. The third-order valence-electron chi connectivity index (χ3n) is 3.22. The average molecular weight is 392 g/mol. The normalized spacial score (nSPS) is 11.6. The number of benzene rings is 2. The molecule has 0 amide bonds. The molecule has 0 heterocycles. The fraction of sp³-hybridized carbons (Fsp3) is 0. The van der Waals surface area contributed by atoms with Crippen molar-refractivity contribution in [3.05, 3.63) is 76.0 Å². The minimum atomic E-state index is -4.17. The Hall–Kier alpha value is -3.73. The summed E-state index contributed by atoms with van der Waals surface area (Å²) in [6, 6.07) is 9.48. The van der Waals surface area contributed by atoms with Gasteiger partial charge in [0.25, 0.3) is 15.7 Å². The fourth-order valence-corrected chi connectivity index (χ4v) is 3.07. The van der Waals surface area contributed by atoms with E-state index in [4.69, 9.17) is 10.2 Å². The first-order valence-electron chi connectivity index (χ1n) is 7.16. The zero-order valence-corrected chi connectivity index (χ0v) is 14.2. The van der Waals surface area contributed by atoms with Gasteiger partial charge in [0.15, 0.2) is 5.78 Å². The fourth-order valence-electron chi connectivity index (χ4n) is 1.98. The number of aliphatic hydroxyl groups is 1. The van der Waals surface area contributed by atoms with Gasteiger partial charge in [-0.15, -0.1) is 0 Å². The number of nitro groups is 1. The Labute approximate surface area is 152 Å². The maximum atomic E-state index is 12.4. The summed E-state index contributed by atoms with van der Waals surface area (Å²) in [7, 11) is -4.17. The SMILES string of the molecule is O=C(O)C(O)=CC(=O)c1cccc(NS(=O)(=O)c2cccc([N+](=O)[O-])c2)c1. The summed E-state index contributed by atoms with van der Waals surface area (Å²) in [4.78, 5) is 32.2. The molecule has 27 heavy (non-hydrogen) atoms. The molecule has 2 aromatic carbocycles. The van der Waals surface area contributed by atoms with Crippen LogP contribution in [0, 0.1) is 10.1 Å². The van der Waals surface area contributed by atoms with Gasteiger partial charge in [-0.25, -0.2) is 13.2 Å². The number of nitro benzene ring substituents is 1. The number of carbonyl (C=O) groups excluding carboxylic acids is 1. The minimum Gasteiger partial charge on any atom is -0.502 e. The van der Waals surface area contributed by atoms with E-state index in [-0.39, 0.29) is 16.1 Å². The second-order valence-corrected chi connectivity index (χ2v) is 6.82. The molecule has 0 saturated heterocycles. The number of carbonyl (C=O) groups is 2. The Bertz CT molecular complexity index is 1060. The number of aliphatic hydroxyl groups excluding tert-OH is 1. The molecule has 140 valence electrons. The van der Waals surface area contributed by atoms with E-state index in [0.717, 1.165) is 24.3 Å². The number of carboxylic acid groups (broad SMARTS) is 1. The number of aliphatic carboxylic acids is 1. The van der Waals surface area contributed by atoms with Gasteiger partial charge in [-0.3, -0.25) is 19.6 Å². The van der Waals surface area contributed by atoms with Crippen molar-refractivity contribution in [2.45, 2.75) is 4.90 Å². The predicted octanol–water partition coefficient (Wildman–Crippen LogP) is 2.10. The number of anilines is 1. The van der Waals surface area contributed by atoms with Crippen LogP contribution in [0.15, 0.2) is 65.3 Å². The van der Waals surface area contributed by atoms with Gasteiger partial charge in [0.2, 0.25) is 5.76 Å². The molecule has 0 aliphatic heterocycles. The standard InChI is InChI=1S/C16H12N2O8S/c19-14(9-15(20)16(21)22)10-3-1-4-11(7-10)17-27(25,26)13-6-2-5-12(8-13)18(23)24/h1-9,17,20H,(H,21,22). The summed E-state index contributed by atoms with van der Waals surface area (Å²) in [5, 5.41) is 28.4. The summed E-state index contributed by atoms with van der Waals surface area (Å²) < 4.78 is 26.9. The van der Waals surface area contributed by atoms with Gasteiger partial charge >= 0.3 is 5.97 Å². The van der Waals surface area contributed by atoms with E-state index in [1.807, 2.05) is 0 Å². The smallest absolute Gasteiger partial charge is 0.371 e. The summed E-state index contributed by atoms with van der Waals surface area (Å²) in [6.45, 7) is 0. The number of rotatable bonds is 7. The number of carboxylic acids is 1. The number of allylic oxidation sites excluding steroid dienone is 1. The number of nitrogens with zero attached hydrogens (tertiary/aromatic N) is 1. The molecule has 2 rings (SSSR count). The van der Waals surface area contributed by atoms with Gasteiger partial charge in [0.1, 0.15) is 0 Å². The van der Waals surface area contributed by atoms with Crippen LogP contribution in [0.4, 0.5) is 11.4 Å². The van der Waals surface area contributed by atoms with Gasteiger partial charge in [-0.05, 0) is 18.2 Å². The van der Waals surface area contributed by atoms with Gasteiger partial charge < -0.3 is 10.2 Å². The number of hydrogen-bond donors (Lipinski definition) is 3. The van der Waals surface area contributed by atoms with Gasteiger partial charge in [0.05, 0.1) is 9.82 Å². The van der Waals surface area contributed by atoms with Crippen molar-refractivity contribution in [2.75, 3.05) is 4.72 Å². The summed E-state index contributed by atoms with van der Waals surface area (Å²) in [5.74, 6) is -3.71. The Morgan fingerprint density at radius 2 is 1.74 bits per heavy atom. The maximum Gasteiger partial charge on any atom is 0.371 e. The van der Waals surface area contributed by atoms with Crippen LogP contribution < -0.4 is 4.72 Å². The van der Waals surface area contributed by atoms with Gasteiger partial charge in [0, 0.05) is 29.5 Å². The third-order valence-corrected chi connectivity index (χ3v) is 4.60. The first-order chi connectivity index (χ1) is 12.6. The van der Waals surface area contributed by atoms with E-state index in [0.29, 0.717) is 6.08 Å². The third kappa shape index (κ3) is 4.89. The Morgan fingerprint density at radius 3 is 2.37 bits per heavy atom. The second kappa shape index (κ2) is 7.66. The molecule has 0 atom stereocenters. The Balaban J connectivity index is 2.31. The van der Waals surface area contributed by atoms with Crippen molar-refractivity contribution in [1.29, 1.82) is 0 Å². The lowest BCUT2D eigenvalue weighted by Crippen LogP contribution is -2.13. The topological polar surface area (TPSA) is 164 Å². The molecule has 0 bridgehead atoms. The van der Waals surface area contributed by atoms with E-state index in [2.05, 4.69) is 4.72 Å². The van der Waals surface area contributed by atoms with Crippen molar-refractivity contribution in [3.8, 4) is 0 Å². The summed E-state index contributed by atoms with van der Waals surface area (Å²) in [6.07, 6.45) is 0.483. The molecule has 0 unspecified atom stereocenters. The summed E-state index contributed by atoms with van der Waals surface area (Å²) >= 11 is 0. The van der Waals surface area contributed by atoms with Gasteiger partial charge in [-0.2, -0.15) is 0 Å². The first-order valence-corrected chi connectivity index (χ1v) is 8.64. The largest absolute Gasteiger partial charge is 0.502 e. The molecule has 2 aromatic rings. The molecule has 0 radical (unpaired) electrons. The van der Waals surface area contributed by atoms with Crippen molar-refractivity contribution in [2.24, 2.45) is 0 Å². The molecule has 0 spiro atoms. The Kier molecular flexibility index (Phi) is 5.56. The molecule has 10 nitrogen and oxygen atoms in total. The van der Waals surface area contributed by atoms with Crippen LogP contribution in [0.2, 0.25) is 0 Å².